The standard InChI is InChI=1S/C21H21N3O3/c1-27-15-19(25)24-20(16-7-3-2-4-8-16)21(26,17-9-5-11-22-13-17)18-10-6-12-23-14-18/h2-14,20,26H,15H2,1H3,(H,24,25)/t20-/m1/s1. The van der Waals surface area contributed by atoms with Gasteiger partial charge in [0.15, 0.2) is 0 Å². The van der Waals surface area contributed by atoms with Gasteiger partial charge in [0, 0.05) is 43.0 Å². The SMILES string of the molecule is COCC(=O)N[C@H](c1ccccc1)C(O)(c1cccnc1)c1cccnc1. The number of carbonyl (C=O) groups excluding carboxylic acids is 1. The monoisotopic (exact) mass is 363 g/mol. The number of nitrogens with one attached hydrogen (secondary N) is 1. The number of pyridine rings is 2. The van der Waals surface area contributed by atoms with E-state index in [4.69, 9.17) is 4.74 Å². The topological polar surface area (TPSA) is 84.3 Å². The van der Waals surface area contributed by atoms with Crippen molar-refractivity contribution in [1.82, 2.24) is 15.3 Å². The lowest BCUT2D eigenvalue weighted by Crippen LogP contribution is -2.46. The molecule has 0 fully saturated rings. The van der Waals surface area contributed by atoms with Crippen LogP contribution in [0.25, 0.3) is 0 Å². The molecule has 3 aromatic rings. The summed E-state index contributed by atoms with van der Waals surface area (Å²) in [5.41, 5.74) is 0.263. The van der Waals surface area contributed by atoms with Crippen molar-refractivity contribution in [3.63, 3.8) is 0 Å². The Hall–Kier alpha value is -3.09. The van der Waals surface area contributed by atoms with Crippen molar-refractivity contribution < 1.29 is 14.6 Å². The van der Waals surface area contributed by atoms with Gasteiger partial charge < -0.3 is 15.2 Å². The van der Waals surface area contributed by atoms with Gasteiger partial charge >= 0.3 is 0 Å². The smallest absolute Gasteiger partial charge is 0.246 e. The van der Waals surface area contributed by atoms with Crippen LogP contribution in [-0.4, -0.2) is 34.7 Å². The third kappa shape index (κ3) is 4.02. The van der Waals surface area contributed by atoms with Gasteiger partial charge in [-0.25, -0.2) is 0 Å². The van der Waals surface area contributed by atoms with E-state index >= 15 is 0 Å². The molecule has 6 nitrogen and oxygen atoms in total. The van der Waals surface area contributed by atoms with E-state index in [1.165, 1.54) is 7.11 Å². The predicted octanol–water partition coefficient (Wildman–Crippen LogP) is 2.22. The van der Waals surface area contributed by atoms with Crippen LogP contribution < -0.4 is 5.32 Å². The number of nitrogens with zero attached hydrogens (tertiary/aromatic N) is 2. The number of rotatable bonds is 7. The molecule has 0 spiro atoms. The van der Waals surface area contributed by atoms with E-state index in [0.717, 1.165) is 5.56 Å². The van der Waals surface area contributed by atoms with Crippen LogP contribution >= 0.6 is 0 Å². The average Bonchev–Trinajstić information content (AvgIpc) is 2.73. The molecule has 0 unspecified atom stereocenters. The first kappa shape index (κ1) is 18.7. The summed E-state index contributed by atoms with van der Waals surface area (Å²) in [7, 11) is 1.45. The Morgan fingerprint density at radius 2 is 1.63 bits per heavy atom. The van der Waals surface area contributed by atoms with Crippen LogP contribution in [0.15, 0.2) is 79.4 Å². The summed E-state index contributed by atoms with van der Waals surface area (Å²) in [5.74, 6) is -0.336. The summed E-state index contributed by atoms with van der Waals surface area (Å²) < 4.78 is 4.95. The Kier molecular flexibility index (Phi) is 5.90. The molecule has 0 saturated heterocycles. The first-order valence-electron chi connectivity index (χ1n) is 8.53. The minimum atomic E-state index is -1.58. The zero-order valence-corrected chi connectivity index (χ0v) is 14.9. The summed E-state index contributed by atoms with van der Waals surface area (Å²) in [6.45, 7) is -0.112. The van der Waals surface area contributed by atoms with Gasteiger partial charge in [-0.15, -0.1) is 0 Å². The Bertz CT molecular complexity index is 818. The van der Waals surface area contributed by atoms with Crippen LogP contribution in [0.2, 0.25) is 0 Å². The molecule has 0 aliphatic rings. The van der Waals surface area contributed by atoms with E-state index in [9.17, 15) is 9.90 Å². The zero-order chi connectivity index (χ0) is 19.1. The van der Waals surface area contributed by atoms with Crippen LogP contribution in [0.1, 0.15) is 22.7 Å². The first-order chi connectivity index (χ1) is 13.2. The molecular formula is C21H21N3O3. The second kappa shape index (κ2) is 8.53. The van der Waals surface area contributed by atoms with Crippen molar-refractivity contribution in [2.75, 3.05) is 13.7 Å². The Morgan fingerprint density at radius 1 is 1.04 bits per heavy atom. The number of carbonyl (C=O) groups is 1. The second-order valence-corrected chi connectivity index (χ2v) is 6.09. The fourth-order valence-corrected chi connectivity index (χ4v) is 3.08. The summed E-state index contributed by atoms with van der Waals surface area (Å²) >= 11 is 0. The molecule has 0 aliphatic heterocycles. The van der Waals surface area contributed by atoms with Gasteiger partial charge in [-0.05, 0) is 17.7 Å². The van der Waals surface area contributed by atoms with E-state index in [1.54, 1.807) is 49.1 Å². The molecule has 0 aliphatic carbocycles. The van der Waals surface area contributed by atoms with Gasteiger partial charge in [-0.3, -0.25) is 14.8 Å². The normalized spacial score (nSPS) is 12.4. The molecule has 2 N–H and O–H groups in total. The van der Waals surface area contributed by atoms with Gasteiger partial charge in [-0.2, -0.15) is 0 Å². The highest BCUT2D eigenvalue weighted by molar-refractivity contribution is 5.78. The van der Waals surface area contributed by atoms with E-state index in [-0.39, 0.29) is 12.5 Å². The molecular weight excluding hydrogens is 342 g/mol. The van der Waals surface area contributed by atoms with Crippen LogP contribution in [0.4, 0.5) is 0 Å². The molecule has 0 bridgehead atoms. The maximum absolute atomic E-state index is 12.4. The largest absolute Gasteiger partial charge is 0.378 e. The number of ether oxygens (including phenoxy) is 1. The molecule has 2 aromatic heterocycles. The lowest BCUT2D eigenvalue weighted by molar-refractivity contribution is -0.127. The molecule has 1 aromatic carbocycles. The van der Waals surface area contributed by atoms with Crippen molar-refractivity contribution >= 4 is 5.91 Å². The highest BCUT2D eigenvalue weighted by Crippen LogP contribution is 2.40. The zero-order valence-electron chi connectivity index (χ0n) is 14.9. The van der Waals surface area contributed by atoms with Gasteiger partial charge in [0.2, 0.25) is 5.91 Å². The van der Waals surface area contributed by atoms with Gasteiger partial charge in [0.25, 0.3) is 0 Å². The Morgan fingerprint density at radius 3 is 2.11 bits per heavy atom. The Balaban J connectivity index is 2.17. The van der Waals surface area contributed by atoms with Gasteiger partial charge in [-0.1, -0.05) is 42.5 Å². The highest BCUT2D eigenvalue weighted by Gasteiger charge is 2.42. The maximum Gasteiger partial charge on any atom is 0.246 e. The molecule has 2 heterocycles. The summed E-state index contributed by atoms with van der Waals surface area (Å²) in [5, 5.41) is 14.9. The van der Waals surface area contributed by atoms with Crippen molar-refractivity contribution in [2.24, 2.45) is 0 Å². The average molecular weight is 363 g/mol. The second-order valence-electron chi connectivity index (χ2n) is 6.09. The lowest BCUT2D eigenvalue weighted by Gasteiger charge is -2.37. The van der Waals surface area contributed by atoms with Crippen molar-refractivity contribution in [1.29, 1.82) is 0 Å². The summed E-state index contributed by atoms with van der Waals surface area (Å²) in [6.07, 6.45) is 6.44. The molecule has 6 heteroatoms. The highest BCUT2D eigenvalue weighted by atomic mass is 16.5. The summed E-state index contributed by atoms with van der Waals surface area (Å²) in [4.78, 5) is 20.7. The van der Waals surface area contributed by atoms with Crippen molar-refractivity contribution in [3.8, 4) is 0 Å². The Labute approximate surface area is 157 Å². The maximum atomic E-state index is 12.4. The fraction of sp³-hybridized carbons (Fsp3) is 0.190. The fourth-order valence-electron chi connectivity index (χ4n) is 3.08. The van der Waals surface area contributed by atoms with Gasteiger partial charge in [0.05, 0.1) is 6.04 Å². The summed E-state index contributed by atoms with van der Waals surface area (Å²) in [6, 6.07) is 15.6. The minimum Gasteiger partial charge on any atom is -0.378 e. The van der Waals surface area contributed by atoms with Crippen LogP contribution in [-0.2, 0) is 15.1 Å². The first-order valence-corrected chi connectivity index (χ1v) is 8.53. The van der Waals surface area contributed by atoms with Crippen molar-refractivity contribution in [3.05, 3.63) is 96.1 Å². The van der Waals surface area contributed by atoms with Crippen LogP contribution in [0, 0.1) is 0 Å². The third-order valence-electron chi connectivity index (χ3n) is 4.33. The third-order valence-corrected chi connectivity index (χ3v) is 4.33. The molecule has 27 heavy (non-hydrogen) atoms. The molecule has 1 atom stereocenters. The van der Waals surface area contributed by atoms with Gasteiger partial charge in [0.1, 0.15) is 12.2 Å². The molecule has 1 amide bonds. The number of aliphatic hydroxyl groups is 1. The number of hydrogen-bond donors (Lipinski definition) is 2. The quantitative estimate of drug-likeness (QED) is 0.672. The van der Waals surface area contributed by atoms with Crippen LogP contribution in [0.3, 0.4) is 0 Å². The number of amides is 1. The molecule has 3 rings (SSSR count). The molecule has 0 saturated carbocycles. The number of methoxy groups -OCH3 is 1. The van der Waals surface area contributed by atoms with E-state index in [1.807, 2.05) is 30.3 Å². The van der Waals surface area contributed by atoms with E-state index in [2.05, 4.69) is 15.3 Å². The molecule has 138 valence electrons. The number of aromatic nitrogens is 2. The van der Waals surface area contributed by atoms with E-state index < -0.39 is 11.6 Å². The number of benzene rings is 1. The van der Waals surface area contributed by atoms with E-state index in [0.29, 0.717) is 11.1 Å². The molecule has 0 radical (unpaired) electrons. The van der Waals surface area contributed by atoms with Crippen molar-refractivity contribution in [2.45, 2.75) is 11.6 Å². The lowest BCUT2D eigenvalue weighted by atomic mass is 9.78. The predicted molar refractivity (Wildman–Crippen MR) is 101 cm³/mol. The minimum absolute atomic E-state index is 0.112. The van der Waals surface area contributed by atoms with Crippen LogP contribution in [0.5, 0.6) is 0 Å². The number of hydrogen-bond acceptors (Lipinski definition) is 5.